The van der Waals surface area contributed by atoms with Crippen molar-refractivity contribution >= 4 is 33.2 Å². The summed E-state index contributed by atoms with van der Waals surface area (Å²) < 4.78 is 27.3. The standard InChI is InChI=1S/C11H9BrF2N4O/c1-4-8(15)10(18-17-4)11(19)16-9-6(13)2-5(12)3-7(9)14/h2-3H,15H2,1H3,(H,16,19)(H,17,18). The molecule has 0 aliphatic rings. The lowest BCUT2D eigenvalue weighted by atomic mass is 10.2. The van der Waals surface area contributed by atoms with E-state index in [4.69, 9.17) is 5.73 Å². The molecule has 8 heteroatoms. The molecule has 0 bridgehead atoms. The Balaban J connectivity index is 2.32. The quantitative estimate of drug-likeness (QED) is 0.791. The maximum atomic E-state index is 13.5. The van der Waals surface area contributed by atoms with Crippen molar-refractivity contribution in [3.63, 3.8) is 0 Å². The number of nitrogens with two attached hydrogens (primary N) is 1. The van der Waals surface area contributed by atoms with E-state index < -0.39 is 23.2 Å². The predicted molar refractivity (Wildman–Crippen MR) is 69.7 cm³/mol. The Kier molecular flexibility index (Phi) is 3.52. The summed E-state index contributed by atoms with van der Waals surface area (Å²) in [5.74, 6) is -2.58. The molecule has 1 heterocycles. The summed E-state index contributed by atoms with van der Waals surface area (Å²) in [4.78, 5) is 11.8. The SMILES string of the molecule is Cc1[nH]nc(C(=O)Nc2c(F)cc(Br)cc2F)c1N. The van der Waals surface area contributed by atoms with E-state index in [1.807, 2.05) is 0 Å². The Morgan fingerprint density at radius 2 is 2.00 bits per heavy atom. The lowest BCUT2D eigenvalue weighted by Gasteiger charge is -2.07. The maximum absolute atomic E-state index is 13.5. The fraction of sp³-hybridized carbons (Fsp3) is 0.0909. The smallest absolute Gasteiger partial charge is 0.278 e. The zero-order valence-corrected chi connectivity index (χ0v) is 11.3. The normalized spacial score (nSPS) is 10.5. The molecular weight excluding hydrogens is 322 g/mol. The number of nitrogen functional groups attached to an aromatic ring is 1. The molecule has 0 saturated carbocycles. The van der Waals surface area contributed by atoms with Gasteiger partial charge in [-0.2, -0.15) is 5.10 Å². The van der Waals surface area contributed by atoms with Crippen molar-refractivity contribution < 1.29 is 13.6 Å². The van der Waals surface area contributed by atoms with Crippen LogP contribution in [0.15, 0.2) is 16.6 Å². The van der Waals surface area contributed by atoms with Crippen LogP contribution in [0.2, 0.25) is 0 Å². The van der Waals surface area contributed by atoms with E-state index in [1.54, 1.807) is 6.92 Å². The highest BCUT2D eigenvalue weighted by atomic mass is 79.9. The van der Waals surface area contributed by atoms with Crippen LogP contribution in [0.25, 0.3) is 0 Å². The van der Waals surface area contributed by atoms with Gasteiger partial charge in [0.1, 0.15) is 5.69 Å². The Hall–Kier alpha value is -1.96. The molecule has 0 spiro atoms. The first-order valence-electron chi connectivity index (χ1n) is 5.16. The third-order valence-electron chi connectivity index (χ3n) is 2.46. The van der Waals surface area contributed by atoms with Gasteiger partial charge in [-0.3, -0.25) is 9.89 Å². The highest BCUT2D eigenvalue weighted by Gasteiger charge is 2.19. The first-order valence-corrected chi connectivity index (χ1v) is 5.95. The fourth-order valence-corrected chi connectivity index (χ4v) is 1.85. The summed E-state index contributed by atoms with van der Waals surface area (Å²) in [5, 5.41) is 8.29. The Bertz CT molecular complexity index is 633. The molecule has 2 rings (SSSR count). The van der Waals surface area contributed by atoms with Gasteiger partial charge in [0.15, 0.2) is 17.3 Å². The number of benzene rings is 1. The van der Waals surface area contributed by atoms with Crippen molar-refractivity contribution in [1.29, 1.82) is 0 Å². The number of amides is 1. The number of hydrogen-bond donors (Lipinski definition) is 3. The minimum absolute atomic E-state index is 0.112. The summed E-state index contributed by atoms with van der Waals surface area (Å²) in [6, 6.07) is 2.08. The third-order valence-corrected chi connectivity index (χ3v) is 2.91. The molecule has 0 aliphatic heterocycles. The first kappa shape index (κ1) is 13.5. The van der Waals surface area contributed by atoms with Crippen LogP contribution in [0.1, 0.15) is 16.2 Å². The van der Waals surface area contributed by atoms with Crippen LogP contribution in [0.5, 0.6) is 0 Å². The maximum Gasteiger partial charge on any atom is 0.278 e. The van der Waals surface area contributed by atoms with Crippen LogP contribution >= 0.6 is 15.9 Å². The molecule has 0 atom stereocenters. The number of hydrogen-bond acceptors (Lipinski definition) is 3. The number of carbonyl (C=O) groups excluding carboxylic acids is 1. The van der Waals surface area contributed by atoms with E-state index in [1.165, 1.54) is 0 Å². The van der Waals surface area contributed by atoms with Crippen LogP contribution in [0.3, 0.4) is 0 Å². The highest BCUT2D eigenvalue weighted by Crippen LogP contribution is 2.24. The number of anilines is 2. The van der Waals surface area contributed by atoms with Crippen molar-refractivity contribution in [2.24, 2.45) is 0 Å². The topological polar surface area (TPSA) is 83.8 Å². The average Bonchev–Trinajstić information content (AvgIpc) is 2.64. The molecular formula is C11H9BrF2N4O. The molecule has 100 valence electrons. The number of aromatic amines is 1. The number of nitrogens with one attached hydrogen (secondary N) is 2. The zero-order valence-electron chi connectivity index (χ0n) is 9.72. The molecule has 0 radical (unpaired) electrons. The Labute approximate surface area is 115 Å². The van der Waals surface area contributed by atoms with Gasteiger partial charge in [-0.25, -0.2) is 8.78 Å². The third kappa shape index (κ3) is 2.58. The molecule has 2 aromatic rings. The van der Waals surface area contributed by atoms with E-state index in [0.29, 0.717) is 5.69 Å². The predicted octanol–water partition coefficient (Wildman–Crippen LogP) is 2.59. The largest absolute Gasteiger partial charge is 0.395 e. The second-order valence-electron chi connectivity index (χ2n) is 3.81. The molecule has 0 aliphatic carbocycles. The van der Waals surface area contributed by atoms with Gasteiger partial charge in [-0.05, 0) is 19.1 Å². The van der Waals surface area contributed by atoms with Gasteiger partial charge in [0, 0.05) is 4.47 Å². The second-order valence-corrected chi connectivity index (χ2v) is 4.73. The highest BCUT2D eigenvalue weighted by molar-refractivity contribution is 9.10. The number of rotatable bonds is 2. The molecule has 5 nitrogen and oxygen atoms in total. The molecule has 1 aromatic heterocycles. The molecule has 1 amide bonds. The number of aromatic nitrogens is 2. The van der Waals surface area contributed by atoms with Gasteiger partial charge in [-0.1, -0.05) is 15.9 Å². The van der Waals surface area contributed by atoms with Gasteiger partial charge in [0.2, 0.25) is 0 Å². The molecule has 4 N–H and O–H groups in total. The summed E-state index contributed by atoms with van der Waals surface area (Å²) in [7, 11) is 0. The van der Waals surface area contributed by atoms with E-state index in [2.05, 4.69) is 31.4 Å². The van der Waals surface area contributed by atoms with Gasteiger partial charge in [-0.15, -0.1) is 0 Å². The van der Waals surface area contributed by atoms with E-state index in [-0.39, 0.29) is 15.9 Å². The van der Waals surface area contributed by atoms with Gasteiger partial charge >= 0.3 is 0 Å². The van der Waals surface area contributed by atoms with E-state index in [0.717, 1.165) is 12.1 Å². The lowest BCUT2D eigenvalue weighted by Crippen LogP contribution is -2.16. The summed E-state index contributed by atoms with van der Waals surface area (Å²) >= 11 is 2.94. The number of aryl methyl sites for hydroxylation is 1. The summed E-state index contributed by atoms with van der Waals surface area (Å²) in [6.07, 6.45) is 0. The molecule has 0 unspecified atom stereocenters. The first-order chi connectivity index (χ1) is 8.90. The number of H-pyrrole nitrogens is 1. The van der Waals surface area contributed by atoms with Crippen molar-refractivity contribution in [1.82, 2.24) is 10.2 Å². The number of nitrogens with zero attached hydrogens (tertiary/aromatic N) is 1. The lowest BCUT2D eigenvalue weighted by molar-refractivity contribution is 0.102. The van der Waals surface area contributed by atoms with Crippen LogP contribution in [0.4, 0.5) is 20.2 Å². The van der Waals surface area contributed by atoms with Crippen LogP contribution in [-0.2, 0) is 0 Å². The van der Waals surface area contributed by atoms with Gasteiger partial charge in [0.25, 0.3) is 5.91 Å². The minimum atomic E-state index is -0.897. The molecule has 0 fully saturated rings. The van der Waals surface area contributed by atoms with Crippen molar-refractivity contribution in [2.45, 2.75) is 6.92 Å². The monoisotopic (exact) mass is 330 g/mol. The van der Waals surface area contributed by atoms with Crippen molar-refractivity contribution in [3.05, 3.63) is 39.6 Å². The van der Waals surface area contributed by atoms with Crippen molar-refractivity contribution in [2.75, 3.05) is 11.1 Å². The zero-order chi connectivity index (χ0) is 14.2. The molecule has 0 saturated heterocycles. The van der Waals surface area contributed by atoms with Crippen LogP contribution < -0.4 is 11.1 Å². The Morgan fingerprint density at radius 1 is 1.42 bits per heavy atom. The van der Waals surface area contributed by atoms with E-state index >= 15 is 0 Å². The van der Waals surface area contributed by atoms with Gasteiger partial charge < -0.3 is 11.1 Å². The average molecular weight is 331 g/mol. The van der Waals surface area contributed by atoms with Crippen LogP contribution in [0, 0.1) is 18.6 Å². The number of halogens is 3. The second kappa shape index (κ2) is 4.96. The number of carbonyl (C=O) groups is 1. The van der Waals surface area contributed by atoms with Gasteiger partial charge in [0.05, 0.1) is 11.4 Å². The van der Waals surface area contributed by atoms with Crippen LogP contribution in [-0.4, -0.2) is 16.1 Å². The minimum Gasteiger partial charge on any atom is -0.395 e. The summed E-state index contributed by atoms with van der Waals surface area (Å²) in [5.41, 5.74) is 5.58. The van der Waals surface area contributed by atoms with E-state index in [9.17, 15) is 13.6 Å². The van der Waals surface area contributed by atoms with Crippen molar-refractivity contribution in [3.8, 4) is 0 Å². The fourth-order valence-electron chi connectivity index (χ4n) is 1.45. The molecule has 19 heavy (non-hydrogen) atoms. The molecule has 1 aromatic carbocycles. The Morgan fingerprint density at radius 3 is 2.47 bits per heavy atom. The summed E-state index contributed by atoms with van der Waals surface area (Å²) in [6.45, 7) is 1.62.